The normalized spacial score (nSPS) is 10.4. The monoisotopic (exact) mass is 955 g/mol. The third kappa shape index (κ3) is 22.7. The van der Waals surface area contributed by atoms with Crippen LogP contribution in [-0.4, -0.2) is 84.1 Å². The second-order valence-corrected chi connectivity index (χ2v) is 19.4. The highest BCUT2D eigenvalue weighted by Gasteiger charge is 2.27. The molecule has 1 unspecified atom stereocenters. The molecule has 0 aliphatic carbocycles. The van der Waals surface area contributed by atoms with Crippen molar-refractivity contribution in [3.8, 4) is 0 Å². The number of rotatable bonds is 10. The Morgan fingerprint density at radius 3 is 1.68 bits per heavy atom. The first kappa shape index (κ1) is 54.2. The van der Waals surface area contributed by atoms with Gasteiger partial charge in [-0.25, -0.2) is 13.1 Å². The summed E-state index contributed by atoms with van der Waals surface area (Å²) < 4.78 is 12.5. The number of nitrogens with zero attached hydrogens (tertiary/aromatic N) is 7. The molecule has 2 aromatic carbocycles. The van der Waals surface area contributed by atoms with Gasteiger partial charge in [-0.1, -0.05) is 109 Å². The van der Waals surface area contributed by atoms with E-state index >= 15 is 0 Å². The van der Waals surface area contributed by atoms with Gasteiger partial charge in [0.15, 0.2) is 0 Å². The average Bonchev–Trinajstić information content (AvgIpc) is 3.28. The predicted octanol–water partition coefficient (Wildman–Crippen LogP) is 11.5. The maximum Gasteiger partial charge on any atom is 0.318 e. The van der Waals surface area contributed by atoms with Crippen molar-refractivity contribution in [2.45, 2.75) is 43.6 Å². The summed E-state index contributed by atoms with van der Waals surface area (Å²) in [6.45, 7) is 21.8. The van der Waals surface area contributed by atoms with Gasteiger partial charge in [0.2, 0.25) is 4.38 Å². The number of ether oxygens (including phenoxy) is 2. The second-order valence-electron chi connectivity index (χ2n) is 12.1. The molecular formula is C42H49N7O3S8. The topological polar surface area (TPSA) is 79.8 Å². The van der Waals surface area contributed by atoms with Gasteiger partial charge in [0, 0.05) is 82.6 Å². The van der Waals surface area contributed by atoms with Crippen molar-refractivity contribution in [1.29, 1.82) is 0 Å². The molecule has 0 aliphatic heterocycles. The molecule has 0 bridgehead atoms. The maximum atomic E-state index is 11.3. The standard InChI is InChI=1S/C11H13N3S2.C11H14N2O2S2.C10H10N2S2.C10H12OS2/c1-11(2,12-3)16-10(15)14(4)9-5-7-13-8-6-9;1-8(10(14)15-3)17-11(16)13(2)9-4-6-12-7-5-9;1-11-8-14-10(13)12(2)9-6-4-3-5-7-9;1-2-11-10(12)13-8-9-6-4-3-5-7-9/h5-8H,1-2,4H3;4-8H,1-3H3;3-7H,8H2,2H3;3-7H,2,8H2,1H3. The molecule has 0 spiro atoms. The van der Waals surface area contributed by atoms with Gasteiger partial charge in [0.1, 0.15) is 18.2 Å². The van der Waals surface area contributed by atoms with Crippen molar-refractivity contribution >= 4 is 136 Å². The highest BCUT2D eigenvalue weighted by molar-refractivity contribution is 8.24. The summed E-state index contributed by atoms with van der Waals surface area (Å²) in [5.74, 6) is 0.996. The predicted molar refractivity (Wildman–Crippen MR) is 276 cm³/mol. The van der Waals surface area contributed by atoms with Gasteiger partial charge in [-0.05, 0) is 91.6 Å². The second kappa shape index (κ2) is 31.1. The molecule has 2 aromatic heterocycles. The lowest BCUT2D eigenvalue weighted by atomic mass is 10.2. The largest absolute Gasteiger partial charge is 0.479 e. The molecule has 2 heterocycles. The van der Waals surface area contributed by atoms with Crippen molar-refractivity contribution in [3.63, 3.8) is 0 Å². The number of carbonyl (C=O) groups excluding carboxylic acids is 1. The number of pyridine rings is 2. The lowest BCUT2D eigenvalue weighted by Gasteiger charge is -2.21. The minimum absolute atomic E-state index is 0.277. The number of anilines is 3. The number of aromatic nitrogens is 2. The highest BCUT2D eigenvalue weighted by atomic mass is 32.2. The van der Waals surface area contributed by atoms with E-state index in [2.05, 4.69) is 36.5 Å². The van der Waals surface area contributed by atoms with Crippen molar-refractivity contribution in [2.24, 2.45) is 0 Å². The Hall–Kier alpha value is -3.85. The number of carbonyl (C=O) groups is 1. The molecular weight excluding hydrogens is 907 g/mol. The minimum atomic E-state index is -0.516. The van der Waals surface area contributed by atoms with E-state index in [0.29, 0.717) is 25.5 Å². The van der Waals surface area contributed by atoms with Gasteiger partial charge < -0.3 is 29.0 Å². The molecule has 10 nitrogen and oxygen atoms in total. The highest BCUT2D eigenvalue weighted by Crippen LogP contribution is 2.30. The molecule has 0 radical (unpaired) electrons. The first-order valence-corrected chi connectivity index (χ1v) is 23.2. The summed E-state index contributed by atoms with van der Waals surface area (Å²) in [6, 6.07) is 27.6. The van der Waals surface area contributed by atoms with Crippen LogP contribution in [-0.2, 0) is 20.0 Å². The number of methoxy groups -OCH3 is 1. The molecule has 318 valence electrons. The Labute approximate surface area is 394 Å². The molecule has 0 aliphatic rings. The summed E-state index contributed by atoms with van der Waals surface area (Å²) in [7, 11) is 7.03. The van der Waals surface area contributed by atoms with Gasteiger partial charge in [-0.2, -0.15) is 0 Å². The molecule has 4 aromatic rings. The maximum absolute atomic E-state index is 11.3. The van der Waals surface area contributed by atoms with Crippen LogP contribution in [0.1, 0.15) is 33.3 Å². The number of benzene rings is 2. The van der Waals surface area contributed by atoms with Gasteiger partial charge in [0.25, 0.3) is 10.7 Å². The van der Waals surface area contributed by atoms with E-state index in [-0.39, 0.29) is 11.2 Å². The molecule has 0 saturated heterocycles. The number of hydrogen-bond acceptors (Lipinski definition) is 13. The van der Waals surface area contributed by atoms with Crippen molar-refractivity contribution < 1.29 is 14.3 Å². The fourth-order valence-corrected chi connectivity index (χ4v) is 8.35. The average molecular weight is 956 g/mol. The summed E-state index contributed by atoms with van der Waals surface area (Å²) in [5.41, 5.74) is 4.24. The first-order valence-electron chi connectivity index (χ1n) is 17.9. The Bertz CT molecular complexity index is 1990. The summed E-state index contributed by atoms with van der Waals surface area (Å²) in [4.78, 5) is 31.1. The van der Waals surface area contributed by atoms with Gasteiger partial charge >= 0.3 is 5.97 Å². The lowest BCUT2D eigenvalue weighted by molar-refractivity contribution is -0.139. The molecule has 18 heteroatoms. The van der Waals surface area contributed by atoms with Crippen molar-refractivity contribution in [1.82, 2.24) is 9.97 Å². The Morgan fingerprint density at radius 1 is 0.750 bits per heavy atom. The van der Waals surface area contributed by atoms with E-state index in [1.807, 2.05) is 129 Å². The van der Waals surface area contributed by atoms with E-state index in [9.17, 15) is 4.79 Å². The van der Waals surface area contributed by atoms with E-state index in [4.69, 9.17) is 66.8 Å². The minimum Gasteiger partial charge on any atom is -0.479 e. The molecule has 0 fully saturated rings. The Morgan fingerprint density at radius 2 is 1.22 bits per heavy atom. The van der Waals surface area contributed by atoms with Crippen LogP contribution >= 0.6 is 95.9 Å². The SMILES string of the molecule is CCOC(=S)SCc1ccccc1.COC(=O)C(C)SC(=S)N(C)c1ccncc1.[C-]#[N+]C(C)(C)SC(=S)N(C)c1ccncc1.[C-]#[N+]CSC(=S)N(C)c1ccccc1. The quantitative estimate of drug-likeness (QED) is 0.0859. The Kier molecular flexibility index (Phi) is 28.0. The third-order valence-corrected chi connectivity index (χ3v) is 13.1. The number of para-hydroxylation sites is 1. The smallest absolute Gasteiger partial charge is 0.318 e. The van der Waals surface area contributed by atoms with Gasteiger partial charge in [0.05, 0.1) is 13.7 Å². The Balaban J connectivity index is 0.000000402. The van der Waals surface area contributed by atoms with Crippen LogP contribution in [0, 0.1) is 13.1 Å². The number of thiocarbonyl (C=S) groups is 4. The van der Waals surface area contributed by atoms with Crippen LogP contribution in [0.5, 0.6) is 0 Å². The third-order valence-electron chi connectivity index (χ3n) is 7.20. The molecule has 0 amide bonds. The van der Waals surface area contributed by atoms with E-state index in [0.717, 1.165) is 27.1 Å². The number of thioether (sulfide) groups is 4. The van der Waals surface area contributed by atoms with Crippen LogP contribution in [0.3, 0.4) is 0 Å². The molecule has 4 rings (SSSR count). The zero-order chi connectivity index (χ0) is 44.9. The van der Waals surface area contributed by atoms with Crippen LogP contribution < -0.4 is 14.7 Å². The van der Waals surface area contributed by atoms with Crippen LogP contribution in [0.4, 0.5) is 17.1 Å². The van der Waals surface area contributed by atoms with Crippen molar-refractivity contribution in [3.05, 3.63) is 138 Å². The lowest BCUT2D eigenvalue weighted by Crippen LogP contribution is -2.26. The number of hydrogen-bond donors (Lipinski definition) is 0. The van der Waals surface area contributed by atoms with Crippen LogP contribution in [0.2, 0.25) is 0 Å². The van der Waals surface area contributed by atoms with Crippen LogP contribution in [0.15, 0.2) is 110 Å². The van der Waals surface area contributed by atoms with Gasteiger partial charge in [-0.15, -0.1) is 0 Å². The molecule has 0 N–H and O–H groups in total. The fourth-order valence-electron chi connectivity index (χ4n) is 3.91. The van der Waals surface area contributed by atoms with Crippen molar-refractivity contribution in [2.75, 3.05) is 55.4 Å². The summed E-state index contributed by atoms with van der Waals surface area (Å²) in [6.07, 6.45) is 6.84. The van der Waals surface area contributed by atoms with E-state index in [1.54, 1.807) is 43.5 Å². The molecule has 0 saturated carbocycles. The van der Waals surface area contributed by atoms with E-state index in [1.165, 1.54) is 48.0 Å². The van der Waals surface area contributed by atoms with Gasteiger partial charge in [-0.3, -0.25) is 19.6 Å². The summed E-state index contributed by atoms with van der Waals surface area (Å²) in [5, 5.41) is -0.309. The zero-order valence-corrected chi connectivity index (χ0v) is 41.2. The van der Waals surface area contributed by atoms with Crippen LogP contribution in [0.25, 0.3) is 9.69 Å². The molecule has 1 atom stereocenters. The molecule has 60 heavy (non-hydrogen) atoms. The summed E-state index contributed by atoms with van der Waals surface area (Å²) >= 11 is 26.4. The van der Waals surface area contributed by atoms with E-state index < -0.39 is 4.87 Å². The zero-order valence-electron chi connectivity index (χ0n) is 34.7. The fraction of sp³-hybridized carbons (Fsp3) is 0.310. The number of esters is 1. The first-order chi connectivity index (χ1) is 28.6.